The minimum absolute atomic E-state index is 0.260. The van der Waals surface area contributed by atoms with Crippen LogP contribution in [0.4, 0.5) is 4.39 Å². The first-order chi connectivity index (χ1) is 9.04. The molecule has 0 aliphatic rings. The standard InChI is InChI=1S/C13H11BrFNO3/c1-3-18-13(17)11-7(2)19-16-12(11)8-4-5-10(15)9(14)6-8/h4-6H,3H2,1-2H3. The van der Waals surface area contributed by atoms with Crippen LogP contribution in [0.3, 0.4) is 0 Å². The molecule has 19 heavy (non-hydrogen) atoms. The monoisotopic (exact) mass is 327 g/mol. The lowest BCUT2D eigenvalue weighted by molar-refractivity contribution is 0.0525. The summed E-state index contributed by atoms with van der Waals surface area (Å²) in [6.45, 7) is 3.60. The molecule has 1 aromatic heterocycles. The third-order valence-electron chi connectivity index (χ3n) is 2.54. The second-order valence-electron chi connectivity index (χ2n) is 3.81. The largest absolute Gasteiger partial charge is 0.462 e. The molecule has 0 fully saturated rings. The summed E-state index contributed by atoms with van der Waals surface area (Å²) < 4.78 is 23.5. The van der Waals surface area contributed by atoms with Crippen molar-refractivity contribution < 1.29 is 18.4 Å². The van der Waals surface area contributed by atoms with Crippen LogP contribution in [0.5, 0.6) is 0 Å². The fourth-order valence-electron chi connectivity index (χ4n) is 1.66. The Balaban J connectivity index is 2.50. The minimum atomic E-state index is -0.503. The van der Waals surface area contributed by atoms with E-state index in [2.05, 4.69) is 21.1 Å². The second-order valence-corrected chi connectivity index (χ2v) is 4.67. The van der Waals surface area contributed by atoms with Crippen molar-refractivity contribution in [2.24, 2.45) is 0 Å². The summed E-state index contributed by atoms with van der Waals surface area (Å²) in [4.78, 5) is 11.9. The number of benzene rings is 1. The van der Waals surface area contributed by atoms with Crippen LogP contribution >= 0.6 is 15.9 Å². The molecule has 100 valence electrons. The molecular formula is C13H11BrFNO3. The molecule has 1 heterocycles. The summed E-state index contributed by atoms with van der Waals surface area (Å²) in [5.41, 5.74) is 1.19. The van der Waals surface area contributed by atoms with Crippen molar-refractivity contribution in [2.45, 2.75) is 13.8 Å². The van der Waals surface area contributed by atoms with Crippen LogP contribution in [0.2, 0.25) is 0 Å². The van der Waals surface area contributed by atoms with Gasteiger partial charge < -0.3 is 9.26 Å². The summed E-state index contributed by atoms with van der Waals surface area (Å²) in [6.07, 6.45) is 0. The van der Waals surface area contributed by atoms with Crippen molar-refractivity contribution in [3.8, 4) is 11.3 Å². The highest BCUT2D eigenvalue weighted by atomic mass is 79.9. The van der Waals surface area contributed by atoms with Gasteiger partial charge >= 0.3 is 5.97 Å². The van der Waals surface area contributed by atoms with Crippen LogP contribution in [-0.4, -0.2) is 17.7 Å². The summed E-state index contributed by atoms with van der Waals surface area (Å²) in [5, 5.41) is 3.84. The average molecular weight is 328 g/mol. The predicted octanol–water partition coefficient (Wildman–Crippen LogP) is 3.73. The maximum Gasteiger partial charge on any atom is 0.344 e. The van der Waals surface area contributed by atoms with Crippen LogP contribution in [-0.2, 0) is 4.74 Å². The molecule has 0 spiro atoms. The van der Waals surface area contributed by atoms with Gasteiger partial charge in [-0.3, -0.25) is 0 Å². The van der Waals surface area contributed by atoms with Crippen molar-refractivity contribution in [3.05, 3.63) is 39.8 Å². The van der Waals surface area contributed by atoms with E-state index in [0.29, 0.717) is 21.5 Å². The Morgan fingerprint density at radius 3 is 2.89 bits per heavy atom. The van der Waals surface area contributed by atoms with Crippen molar-refractivity contribution in [1.29, 1.82) is 0 Å². The molecule has 0 bridgehead atoms. The lowest BCUT2D eigenvalue weighted by Crippen LogP contribution is -2.06. The minimum Gasteiger partial charge on any atom is -0.462 e. The molecule has 2 rings (SSSR count). The number of esters is 1. The van der Waals surface area contributed by atoms with Gasteiger partial charge in [0.25, 0.3) is 0 Å². The number of carbonyl (C=O) groups excluding carboxylic acids is 1. The maximum absolute atomic E-state index is 13.2. The van der Waals surface area contributed by atoms with E-state index in [4.69, 9.17) is 9.26 Å². The van der Waals surface area contributed by atoms with Gasteiger partial charge in [-0.15, -0.1) is 0 Å². The third kappa shape index (κ3) is 2.68. The third-order valence-corrected chi connectivity index (χ3v) is 3.14. The fourth-order valence-corrected chi connectivity index (χ4v) is 2.04. The van der Waals surface area contributed by atoms with Crippen molar-refractivity contribution >= 4 is 21.9 Å². The molecule has 4 nitrogen and oxygen atoms in total. The summed E-state index contributed by atoms with van der Waals surface area (Å²) in [7, 11) is 0. The molecule has 0 atom stereocenters. The fraction of sp³-hybridized carbons (Fsp3) is 0.231. The molecule has 6 heteroatoms. The topological polar surface area (TPSA) is 52.3 Å². The Morgan fingerprint density at radius 2 is 2.26 bits per heavy atom. The van der Waals surface area contributed by atoms with Crippen LogP contribution in [0.25, 0.3) is 11.3 Å². The van der Waals surface area contributed by atoms with Gasteiger partial charge in [0.1, 0.15) is 22.8 Å². The normalized spacial score (nSPS) is 10.5. The first kappa shape index (κ1) is 13.7. The first-order valence-electron chi connectivity index (χ1n) is 5.63. The highest BCUT2D eigenvalue weighted by molar-refractivity contribution is 9.10. The van der Waals surface area contributed by atoms with E-state index in [1.165, 1.54) is 18.2 Å². The number of hydrogen-bond acceptors (Lipinski definition) is 4. The molecule has 0 saturated carbocycles. The van der Waals surface area contributed by atoms with E-state index >= 15 is 0 Å². The van der Waals surface area contributed by atoms with E-state index in [1.54, 1.807) is 13.8 Å². The molecule has 0 N–H and O–H groups in total. The zero-order chi connectivity index (χ0) is 14.0. The quantitative estimate of drug-likeness (QED) is 0.806. The van der Waals surface area contributed by atoms with Gasteiger partial charge in [0.15, 0.2) is 0 Å². The van der Waals surface area contributed by atoms with Crippen molar-refractivity contribution in [1.82, 2.24) is 5.16 Å². The van der Waals surface area contributed by atoms with Gasteiger partial charge in [0, 0.05) is 5.56 Å². The highest BCUT2D eigenvalue weighted by Gasteiger charge is 2.23. The van der Waals surface area contributed by atoms with Crippen LogP contribution in [0, 0.1) is 12.7 Å². The van der Waals surface area contributed by atoms with Gasteiger partial charge in [-0.05, 0) is 48.0 Å². The average Bonchev–Trinajstić information content (AvgIpc) is 2.75. The van der Waals surface area contributed by atoms with Crippen molar-refractivity contribution in [2.75, 3.05) is 6.61 Å². The van der Waals surface area contributed by atoms with Crippen molar-refractivity contribution in [3.63, 3.8) is 0 Å². The van der Waals surface area contributed by atoms with Gasteiger partial charge in [-0.2, -0.15) is 0 Å². The van der Waals surface area contributed by atoms with E-state index in [-0.39, 0.29) is 18.0 Å². The van der Waals surface area contributed by atoms with E-state index in [0.717, 1.165) is 0 Å². The molecule has 0 amide bonds. The van der Waals surface area contributed by atoms with Gasteiger partial charge in [-0.25, -0.2) is 9.18 Å². The number of rotatable bonds is 3. The predicted molar refractivity (Wildman–Crippen MR) is 70.3 cm³/mol. The number of aromatic nitrogens is 1. The Bertz CT molecular complexity index is 624. The maximum atomic E-state index is 13.2. The van der Waals surface area contributed by atoms with E-state index in [1.807, 2.05) is 0 Å². The van der Waals surface area contributed by atoms with Gasteiger partial charge in [-0.1, -0.05) is 5.16 Å². The molecule has 0 saturated heterocycles. The molecule has 0 aliphatic heterocycles. The molecule has 0 radical (unpaired) electrons. The number of carbonyl (C=O) groups is 1. The molecule has 0 aliphatic carbocycles. The lowest BCUT2D eigenvalue weighted by Gasteiger charge is -2.03. The lowest BCUT2D eigenvalue weighted by atomic mass is 10.1. The van der Waals surface area contributed by atoms with Gasteiger partial charge in [0.2, 0.25) is 0 Å². The molecular weight excluding hydrogens is 317 g/mol. The highest BCUT2D eigenvalue weighted by Crippen LogP contribution is 2.29. The number of nitrogens with zero attached hydrogens (tertiary/aromatic N) is 1. The number of aryl methyl sites for hydroxylation is 1. The molecule has 0 unspecified atom stereocenters. The number of ether oxygens (including phenoxy) is 1. The van der Waals surface area contributed by atoms with Crippen LogP contribution in [0.15, 0.2) is 27.2 Å². The summed E-state index contributed by atoms with van der Waals surface area (Å²) in [5.74, 6) is -0.521. The molecule has 2 aromatic rings. The smallest absolute Gasteiger partial charge is 0.344 e. The molecule has 1 aromatic carbocycles. The van der Waals surface area contributed by atoms with E-state index in [9.17, 15) is 9.18 Å². The summed E-state index contributed by atoms with van der Waals surface area (Å²) >= 11 is 3.09. The number of halogens is 2. The second kappa shape index (κ2) is 5.52. The Labute approximate surface area is 117 Å². The first-order valence-corrected chi connectivity index (χ1v) is 6.42. The summed E-state index contributed by atoms with van der Waals surface area (Å²) in [6, 6.07) is 4.35. The zero-order valence-electron chi connectivity index (χ0n) is 10.4. The SMILES string of the molecule is CCOC(=O)c1c(-c2ccc(F)c(Br)c2)noc1C. The Hall–Kier alpha value is -1.69. The van der Waals surface area contributed by atoms with E-state index < -0.39 is 5.97 Å². The number of hydrogen-bond donors (Lipinski definition) is 0. The van der Waals surface area contributed by atoms with Gasteiger partial charge in [0.05, 0.1) is 11.1 Å². The zero-order valence-corrected chi connectivity index (χ0v) is 12.0. The Kier molecular flexibility index (Phi) is 3.99. The Morgan fingerprint density at radius 1 is 1.53 bits per heavy atom. The van der Waals surface area contributed by atoms with Crippen LogP contribution in [0.1, 0.15) is 23.0 Å². The van der Waals surface area contributed by atoms with Crippen LogP contribution < -0.4 is 0 Å².